The average molecular weight is 433 g/mol. The molecule has 0 fully saturated rings. The van der Waals surface area contributed by atoms with Crippen LogP contribution in [0.5, 0.6) is 11.5 Å². The Labute approximate surface area is 178 Å². The minimum atomic E-state index is -3.34. The molecule has 2 aromatic rings. The standard InChI is InChI=1S/C22H28N2O5S/c1-15(28-17-12-10-16(11-13-17)24(4)30(5,26)27)21(25)23-19-14-22(2,3)29-20-9-7-6-8-18(19)20/h6-13,15,19H,14H2,1-5H3,(H,23,25)/t15-,19+/m0/s1. The number of carbonyl (C=O) groups excluding carboxylic acids is 1. The molecule has 0 aromatic heterocycles. The van der Waals surface area contributed by atoms with Crippen molar-refractivity contribution in [1.29, 1.82) is 0 Å². The van der Waals surface area contributed by atoms with Crippen molar-refractivity contribution in [2.45, 2.75) is 44.9 Å². The highest BCUT2D eigenvalue weighted by Crippen LogP contribution is 2.39. The number of sulfonamides is 1. The van der Waals surface area contributed by atoms with Crippen LogP contribution < -0.4 is 19.1 Å². The molecule has 30 heavy (non-hydrogen) atoms. The number of benzene rings is 2. The van der Waals surface area contributed by atoms with E-state index in [1.165, 1.54) is 11.4 Å². The number of anilines is 1. The summed E-state index contributed by atoms with van der Waals surface area (Å²) >= 11 is 0. The van der Waals surface area contributed by atoms with Crippen LogP contribution in [0.3, 0.4) is 0 Å². The third kappa shape index (κ3) is 5.05. The third-order valence-corrected chi connectivity index (χ3v) is 6.28. The first kappa shape index (κ1) is 22.0. The number of nitrogens with zero attached hydrogens (tertiary/aromatic N) is 1. The number of nitrogens with one attached hydrogen (secondary N) is 1. The molecule has 3 rings (SSSR count). The molecule has 162 valence electrons. The Bertz CT molecular complexity index is 1020. The monoisotopic (exact) mass is 432 g/mol. The number of fused-ring (bicyclic) bond motifs is 1. The molecule has 1 amide bonds. The van der Waals surface area contributed by atoms with Gasteiger partial charge in [-0.15, -0.1) is 0 Å². The van der Waals surface area contributed by atoms with Gasteiger partial charge in [-0.2, -0.15) is 0 Å². The first-order valence-corrected chi connectivity index (χ1v) is 11.6. The van der Waals surface area contributed by atoms with Crippen molar-refractivity contribution in [3.8, 4) is 11.5 Å². The lowest BCUT2D eigenvalue weighted by Crippen LogP contribution is -2.44. The normalized spacial score (nSPS) is 18.5. The maximum absolute atomic E-state index is 12.8. The predicted octanol–water partition coefficient (Wildman–Crippen LogP) is 3.27. The number of hydrogen-bond donors (Lipinski definition) is 1. The first-order chi connectivity index (χ1) is 14.0. The molecule has 8 heteroatoms. The van der Waals surface area contributed by atoms with E-state index in [1.807, 2.05) is 38.1 Å². The minimum Gasteiger partial charge on any atom is -0.487 e. The van der Waals surface area contributed by atoms with E-state index in [4.69, 9.17) is 9.47 Å². The van der Waals surface area contributed by atoms with Crippen molar-refractivity contribution < 1.29 is 22.7 Å². The second-order valence-electron chi connectivity index (χ2n) is 8.15. The van der Waals surface area contributed by atoms with Gasteiger partial charge in [-0.25, -0.2) is 8.42 Å². The summed E-state index contributed by atoms with van der Waals surface area (Å²) in [6.45, 7) is 5.68. The van der Waals surface area contributed by atoms with Gasteiger partial charge in [0.15, 0.2) is 6.10 Å². The fraction of sp³-hybridized carbons (Fsp3) is 0.409. The molecule has 0 saturated heterocycles. The molecule has 0 spiro atoms. The van der Waals surface area contributed by atoms with Crippen LogP contribution in [0.4, 0.5) is 5.69 Å². The van der Waals surface area contributed by atoms with Gasteiger partial charge in [0, 0.05) is 19.0 Å². The Morgan fingerprint density at radius 3 is 2.47 bits per heavy atom. The van der Waals surface area contributed by atoms with E-state index < -0.39 is 21.7 Å². The summed E-state index contributed by atoms with van der Waals surface area (Å²) < 4.78 is 36.2. The minimum absolute atomic E-state index is 0.172. The van der Waals surface area contributed by atoms with Gasteiger partial charge in [0.25, 0.3) is 5.91 Å². The van der Waals surface area contributed by atoms with E-state index in [9.17, 15) is 13.2 Å². The van der Waals surface area contributed by atoms with Gasteiger partial charge in [0.2, 0.25) is 10.0 Å². The Balaban J connectivity index is 1.67. The van der Waals surface area contributed by atoms with Crippen molar-refractivity contribution in [1.82, 2.24) is 5.32 Å². The molecule has 2 aromatic carbocycles. The highest BCUT2D eigenvalue weighted by Gasteiger charge is 2.35. The van der Waals surface area contributed by atoms with E-state index in [0.29, 0.717) is 17.9 Å². The molecule has 0 aliphatic carbocycles. The Hall–Kier alpha value is -2.74. The molecule has 0 radical (unpaired) electrons. The predicted molar refractivity (Wildman–Crippen MR) is 116 cm³/mol. The summed E-state index contributed by atoms with van der Waals surface area (Å²) in [5.74, 6) is 1.03. The first-order valence-electron chi connectivity index (χ1n) is 9.75. The van der Waals surface area contributed by atoms with E-state index in [-0.39, 0.29) is 11.9 Å². The molecule has 1 aliphatic heterocycles. The summed E-state index contributed by atoms with van der Waals surface area (Å²) in [4.78, 5) is 12.8. The molecular weight excluding hydrogens is 404 g/mol. The fourth-order valence-corrected chi connectivity index (χ4v) is 3.91. The second-order valence-corrected chi connectivity index (χ2v) is 10.2. The number of carbonyl (C=O) groups is 1. The van der Waals surface area contributed by atoms with Crippen molar-refractivity contribution >= 4 is 21.6 Å². The number of hydrogen-bond acceptors (Lipinski definition) is 5. The molecule has 0 saturated carbocycles. The lowest BCUT2D eigenvalue weighted by atomic mass is 9.89. The molecule has 1 aliphatic rings. The maximum atomic E-state index is 12.8. The molecule has 7 nitrogen and oxygen atoms in total. The topological polar surface area (TPSA) is 84.9 Å². The smallest absolute Gasteiger partial charge is 0.261 e. The van der Waals surface area contributed by atoms with Gasteiger partial charge < -0.3 is 14.8 Å². The van der Waals surface area contributed by atoms with Crippen LogP contribution >= 0.6 is 0 Å². The molecule has 1 heterocycles. The maximum Gasteiger partial charge on any atom is 0.261 e. The lowest BCUT2D eigenvalue weighted by molar-refractivity contribution is -0.128. The van der Waals surface area contributed by atoms with Gasteiger partial charge in [0.1, 0.15) is 17.1 Å². The SMILES string of the molecule is C[C@H](Oc1ccc(N(C)S(C)(=O)=O)cc1)C(=O)N[C@@H]1CC(C)(C)Oc2ccccc21. The number of ether oxygens (including phenoxy) is 2. The molecule has 2 atom stereocenters. The summed E-state index contributed by atoms with van der Waals surface area (Å²) in [5.41, 5.74) is 1.08. The Morgan fingerprint density at radius 2 is 1.83 bits per heavy atom. The quantitative estimate of drug-likeness (QED) is 0.757. The van der Waals surface area contributed by atoms with Crippen LogP contribution in [-0.4, -0.2) is 39.3 Å². The summed E-state index contributed by atoms with van der Waals surface area (Å²) in [6.07, 6.45) is 1.07. The Morgan fingerprint density at radius 1 is 1.20 bits per heavy atom. The van der Waals surface area contributed by atoms with Crippen molar-refractivity contribution in [3.05, 3.63) is 54.1 Å². The molecule has 0 bridgehead atoms. The van der Waals surface area contributed by atoms with Crippen LogP contribution in [0.15, 0.2) is 48.5 Å². The zero-order valence-corrected chi connectivity index (χ0v) is 18.7. The zero-order chi connectivity index (χ0) is 22.1. The highest BCUT2D eigenvalue weighted by atomic mass is 32.2. The largest absolute Gasteiger partial charge is 0.487 e. The van der Waals surface area contributed by atoms with Crippen molar-refractivity contribution in [2.75, 3.05) is 17.6 Å². The van der Waals surface area contributed by atoms with E-state index >= 15 is 0 Å². The van der Waals surface area contributed by atoms with Crippen LogP contribution in [0.1, 0.15) is 38.8 Å². The van der Waals surface area contributed by atoms with Crippen molar-refractivity contribution in [2.24, 2.45) is 0 Å². The Kier molecular flexibility index (Phi) is 5.99. The van der Waals surface area contributed by atoms with Crippen LogP contribution in [0.2, 0.25) is 0 Å². The summed E-state index contributed by atoms with van der Waals surface area (Å²) in [7, 11) is -1.86. The van der Waals surface area contributed by atoms with Crippen molar-refractivity contribution in [3.63, 3.8) is 0 Å². The van der Waals surface area contributed by atoms with Gasteiger partial charge in [0.05, 0.1) is 18.0 Å². The van der Waals surface area contributed by atoms with Gasteiger partial charge >= 0.3 is 0 Å². The molecule has 1 N–H and O–H groups in total. The van der Waals surface area contributed by atoms with Crippen LogP contribution in [0, 0.1) is 0 Å². The van der Waals surface area contributed by atoms with Gasteiger partial charge in [-0.05, 0) is 51.1 Å². The molecular formula is C22H28N2O5S. The van der Waals surface area contributed by atoms with Crippen LogP contribution in [0.25, 0.3) is 0 Å². The molecule has 0 unspecified atom stereocenters. The zero-order valence-electron chi connectivity index (χ0n) is 17.9. The summed E-state index contributed by atoms with van der Waals surface area (Å²) in [6, 6.07) is 14.1. The number of rotatable bonds is 6. The average Bonchev–Trinajstić information content (AvgIpc) is 2.66. The summed E-state index contributed by atoms with van der Waals surface area (Å²) in [5, 5.41) is 3.07. The van der Waals surface area contributed by atoms with E-state index in [1.54, 1.807) is 31.2 Å². The van der Waals surface area contributed by atoms with Gasteiger partial charge in [-0.1, -0.05) is 18.2 Å². The number of para-hydroxylation sites is 1. The van der Waals surface area contributed by atoms with Crippen LogP contribution in [-0.2, 0) is 14.8 Å². The lowest BCUT2D eigenvalue weighted by Gasteiger charge is -2.38. The van der Waals surface area contributed by atoms with Gasteiger partial charge in [-0.3, -0.25) is 9.10 Å². The fourth-order valence-electron chi connectivity index (χ4n) is 3.40. The second kappa shape index (κ2) is 8.18. The third-order valence-electron chi connectivity index (χ3n) is 5.07. The highest BCUT2D eigenvalue weighted by molar-refractivity contribution is 7.92. The van der Waals surface area contributed by atoms with E-state index in [2.05, 4.69) is 5.32 Å². The number of amides is 1. The van der Waals surface area contributed by atoms with E-state index in [0.717, 1.165) is 17.6 Å².